The Bertz CT molecular complexity index is 2870. The van der Waals surface area contributed by atoms with Crippen molar-refractivity contribution in [1.29, 1.82) is 0 Å². The van der Waals surface area contributed by atoms with Crippen molar-refractivity contribution in [3.05, 3.63) is 109 Å². The first kappa shape index (κ1) is 38.4. The van der Waals surface area contributed by atoms with Crippen LogP contribution in [-0.2, 0) is 39.4 Å². The Morgan fingerprint density at radius 3 is 2.35 bits per heavy atom. The maximum Gasteiger partial charge on any atom is 0.411 e. The minimum atomic E-state index is -1.86. The van der Waals surface area contributed by atoms with Gasteiger partial charge in [0.1, 0.15) is 23.9 Å². The minimum absolute atomic E-state index is 0.0317. The van der Waals surface area contributed by atoms with Gasteiger partial charge in [0.25, 0.3) is 5.56 Å². The van der Waals surface area contributed by atoms with Gasteiger partial charge >= 0.3 is 17.8 Å². The van der Waals surface area contributed by atoms with Gasteiger partial charge in [-0.25, -0.2) is 29.0 Å². The monoisotopic (exact) mass is 813 g/mol. The van der Waals surface area contributed by atoms with Crippen LogP contribution in [0.4, 0.5) is 10.5 Å². The van der Waals surface area contributed by atoms with Crippen molar-refractivity contribution in [2.24, 2.45) is 0 Å². The molecule has 3 aliphatic heterocycles. The van der Waals surface area contributed by atoms with Crippen molar-refractivity contribution < 1.29 is 34.4 Å². The zero-order valence-electron chi connectivity index (χ0n) is 33.5. The number of aromatic nitrogens is 5. The number of benzene rings is 3. The van der Waals surface area contributed by atoms with Crippen LogP contribution in [0.2, 0.25) is 0 Å². The fourth-order valence-corrected chi connectivity index (χ4v) is 8.84. The molecule has 16 nitrogen and oxygen atoms in total. The number of phenols is 3. The number of aromatic amines is 1. The van der Waals surface area contributed by atoms with E-state index in [1.807, 2.05) is 32.9 Å². The number of H-pyrrole nitrogens is 1. The van der Waals surface area contributed by atoms with Crippen molar-refractivity contribution in [2.75, 3.05) is 31.1 Å². The molecule has 1 amide bonds. The van der Waals surface area contributed by atoms with Crippen LogP contribution in [-0.4, -0.2) is 82.8 Å². The number of aromatic hydroxyl groups is 3. The van der Waals surface area contributed by atoms with Crippen LogP contribution >= 0.6 is 0 Å². The number of nitrogens with one attached hydrogen (secondary N) is 1. The Kier molecular flexibility index (Phi) is 9.17. The lowest BCUT2D eigenvalue weighted by atomic mass is 9.85. The number of fused-ring (bicyclic) bond motifs is 5. The van der Waals surface area contributed by atoms with Gasteiger partial charge in [-0.3, -0.25) is 4.79 Å². The average Bonchev–Trinajstić information content (AvgIpc) is 3.81. The highest BCUT2D eigenvalue weighted by molar-refractivity contribution is 5.90. The second kappa shape index (κ2) is 14.3. The number of phenolic OH excluding ortho intramolecular Hbond substituents is 3. The molecule has 1 saturated heterocycles. The Morgan fingerprint density at radius 1 is 0.917 bits per heavy atom. The molecule has 0 saturated carbocycles. The van der Waals surface area contributed by atoms with Gasteiger partial charge in [0.2, 0.25) is 5.60 Å². The van der Waals surface area contributed by atoms with Gasteiger partial charge in [-0.2, -0.15) is 5.10 Å². The highest BCUT2D eigenvalue weighted by atomic mass is 16.6. The molecule has 4 N–H and O–H groups in total. The standard InChI is InChI=1S/C44H43N7O9/c1-5-27-29-17-26(52)11-12-34(29)45-38-31(27)21-50-35(38)19-33-32(40(50)55)22-59-41(56)44(33,6-2)60-43(58)49-15-13-48(14-16-49)24-7-9-25(10-8-24)51-39(46-47-42(51)57)30-18-28(23(3)4)36(53)20-37(30)54/h7-12,17-20,23,52-54H,5-6,13-16,21-22H2,1-4H3,(H,47,57)/t44-/m1/s1. The Labute approximate surface area is 342 Å². The zero-order chi connectivity index (χ0) is 42.2. The number of hydrogen-bond acceptors (Lipinski definition) is 12. The summed E-state index contributed by atoms with van der Waals surface area (Å²) in [6, 6.07) is 16.8. The highest BCUT2D eigenvalue weighted by Gasteiger charge is 2.51. The van der Waals surface area contributed by atoms with E-state index in [1.165, 1.54) is 15.5 Å². The maximum atomic E-state index is 14.1. The molecule has 0 bridgehead atoms. The van der Waals surface area contributed by atoms with E-state index >= 15 is 0 Å². The number of amides is 1. The maximum absolute atomic E-state index is 14.1. The van der Waals surface area contributed by atoms with Gasteiger partial charge in [0, 0.05) is 54.4 Å². The molecule has 0 unspecified atom stereocenters. The summed E-state index contributed by atoms with van der Waals surface area (Å²) in [5, 5.41) is 38.7. The SMILES string of the molecule is CCc1c2c(nc3ccc(O)cc13)-c1cc3c(c(=O)n1C2)COC(=O)[C@]3(CC)OC(=O)N1CCN(c2ccc(-n3c(-c4cc(C(C)C)c(O)cc4O)n[nH]c3=O)cc2)CC1. The number of nitrogens with zero attached hydrogens (tertiary/aromatic N) is 6. The van der Waals surface area contributed by atoms with Crippen LogP contribution in [0.25, 0.3) is 39.4 Å². The highest BCUT2D eigenvalue weighted by Crippen LogP contribution is 2.43. The third-order valence-corrected chi connectivity index (χ3v) is 12.1. The number of carbonyl (C=O) groups is 2. The number of carbonyl (C=O) groups excluding carboxylic acids is 2. The lowest BCUT2D eigenvalue weighted by Gasteiger charge is -2.39. The molecule has 3 aliphatic rings. The number of aryl methyl sites for hydroxylation is 1. The van der Waals surface area contributed by atoms with E-state index in [1.54, 1.807) is 54.0 Å². The normalized spacial score (nSPS) is 17.1. The van der Waals surface area contributed by atoms with E-state index in [2.05, 4.69) is 15.1 Å². The predicted molar refractivity (Wildman–Crippen MR) is 221 cm³/mol. The molecule has 6 heterocycles. The number of esters is 1. The van der Waals surface area contributed by atoms with Gasteiger partial charge in [0.15, 0.2) is 5.82 Å². The molecule has 0 aliphatic carbocycles. The molecule has 16 heteroatoms. The van der Waals surface area contributed by atoms with Gasteiger partial charge in [-0.1, -0.05) is 27.7 Å². The second-order valence-corrected chi connectivity index (χ2v) is 15.7. The molecule has 60 heavy (non-hydrogen) atoms. The summed E-state index contributed by atoms with van der Waals surface area (Å²) >= 11 is 0. The van der Waals surface area contributed by atoms with Gasteiger partial charge in [-0.15, -0.1) is 0 Å². The molecule has 3 aromatic heterocycles. The number of pyridine rings is 2. The third-order valence-electron chi connectivity index (χ3n) is 12.1. The molecule has 1 fully saturated rings. The van der Waals surface area contributed by atoms with Crippen LogP contribution < -0.4 is 16.1 Å². The Balaban J connectivity index is 0.945. The van der Waals surface area contributed by atoms with Gasteiger partial charge in [0.05, 0.1) is 40.3 Å². The van der Waals surface area contributed by atoms with Crippen LogP contribution in [0.1, 0.15) is 67.9 Å². The third kappa shape index (κ3) is 5.95. The number of rotatable bonds is 7. The molecular weight excluding hydrogens is 771 g/mol. The first-order valence-corrected chi connectivity index (χ1v) is 20.0. The fourth-order valence-electron chi connectivity index (χ4n) is 8.84. The molecule has 3 aromatic carbocycles. The van der Waals surface area contributed by atoms with E-state index in [0.717, 1.165) is 22.2 Å². The summed E-state index contributed by atoms with van der Waals surface area (Å²) in [6.45, 7) is 8.99. The largest absolute Gasteiger partial charge is 0.508 e. The van der Waals surface area contributed by atoms with Crippen LogP contribution in [0.5, 0.6) is 17.2 Å². The molecular formula is C44H43N7O9. The summed E-state index contributed by atoms with van der Waals surface area (Å²) in [7, 11) is 0. The average molecular weight is 814 g/mol. The number of piperazine rings is 1. The van der Waals surface area contributed by atoms with E-state index in [0.29, 0.717) is 53.2 Å². The van der Waals surface area contributed by atoms with Crippen molar-refractivity contribution in [3.8, 4) is 45.7 Å². The van der Waals surface area contributed by atoms with E-state index in [4.69, 9.17) is 14.5 Å². The lowest BCUT2D eigenvalue weighted by molar-refractivity contribution is -0.173. The molecule has 9 rings (SSSR count). The minimum Gasteiger partial charge on any atom is -0.508 e. The van der Waals surface area contributed by atoms with E-state index < -0.39 is 23.4 Å². The smallest absolute Gasteiger partial charge is 0.411 e. The zero-order valence-corrected chi connectivity index (χ0v) is 33.5. The predicted octanol–water partition coefficient (Wildman–Crippen LogP) is 5.39. The molecule has 6 aromatic rings. The summed E-state index contributed by atoms with van der Waals surface area (Å²) < 4.78 is 14.7. The van der Waals surface area contributed by atoms with E-state index in [-0.39, 0.29) is 78.3 Å². The van der Waals surface area contributed by atoms with E-state index in [9.17, 15) is 34.5 Å². The number of cyclic esters (lactones) is 1. The molecule has 0 spiro atoms. The topological polar surface area (TPSA) is 205 Å². The molecule has 0 radical (unpaired) electrons. The lowest BCUT2D eigenvalue weighted by Crippen LogP contribution is -2.53. The number of anilines is 1. The van der Waals surface area contributed by atoms with Crippen LogP contribution in [0.15, 0.2) is 70.3 Å². The first-order valence-electron chi connectivity index (χ1n) is 20.0. The van der Waals surface area contributed by atoms with Crippen molar-refractivity contribution in [2.45, 2.75) is 65.2 Å². The van der Waals surface area contributed by atoms with Crippen molar-refractivity contribution in [3.63, 3.8) is 0 Å². The fraction of sp³-hybridized carbons (Fsp3) is 0.318. The molecule has 308 valence electrons. The summed E-state index contributed by atoms with van der Waals surface area (Å²) in [6.07, 6.45) is -0.0330. The Hall–Kier alpha value is -7.10. The number of hydrogen-bond donors (Lipinski definition) is 4. The van der Waals surface area contributed by atoms with Gasteiger partial charge in [-0.05, 0) is 84.5 Å². The number of ether oxygens (including phenoxy) is 2. The molecule has 1 atom stereocenters. The first-order chi connectivity index (χ1) is 28.8. The van der Waals surface area contributed by atoms with Crippen molar-refractivity contribution >= 4 is 28.7 Å². The van der Waals surface area contributed by atoms with Crippen LogP contribution in [0.3, 0.4) is 0 Å². The quantitative estimate of drug-likeness (QED) is 0.150. The van der Waals surface area contributed by atoms with Crippen LogP contribution in [0, 0.1) is 0 Å². The van der Waals surface area contributed by atoms with Gasteiger partial charge < -0.3 is 39.2 Å². The summed E-state index contributed by atoms with van der Waals surface area (Å²) in [5.74, 6) is -0.750. The Morgan fingerprint density at radius 2 is 1.65 bits per heavy atom. The summed E-state index contributed by atoms with van der Waals surface area (Å²) in [5.41, 5.74) is 3.70. The summed E-state index contributed by atoms with van der Waals surface area (Å²) in [4.78, 5) is 63.3. The van der Waals surface area contributed by atoms with Crippen molar-refractivity contribution in [1.82, 2.24) is 29.2 Å². The second-order valence-electron chi connectivity index (χ2n) is 15.7.